The Morgan fingerprint density at radius 3 is 2.73 bits per heavy atom. The number of H-pyrrole nitrogens is 1. The summed E-state index contributed by atoms with van der Waals surface area (Å²) in [7, 11) is 0. The van der Waals surface area contributed by atoms with Gasteiger partial charge >= 0.3 is 0 Å². The summed E-state index contributed by atoms with van der Waals surface area (Å²) >= 11 is 0. The highest BCUT2D eigenvalue weighted by atomic mass is 15.1. The first kappa shape index (κ1) is 9.47. The standard InChI is InChI=1S/C12H11N3/c1-9(13-2)11-8-14-15-12(11)10-6-4-3-5-7-10/h3-9H,1H3,(H,14,15). The summed E-state index contributed by atoms with van der Waals surface area (Å²) < 4.78 is 0. The fraction of sp³-hybridized carbons (Fsp3) is 0.167. The van der Waals surface area contributed by atoms with Crippen LogP contribution in [0.15, 0.2) is 36.5 Å². The lowest BCUT2D eigenvalue weighted by molar-refractivity contribution is 0.966. The van der Waals surface area contributed by atoms with Gasteiger partial charge in [-0.3, -0.25) is 5.10 Å². The summed E-state index contributed by atoms with van der Waals surface area (Å²) in [5.41, 5.74) is 2.97. The van der Waals surface area contributed by atoms with Crippen molar-refractivity contribution in [3.05, 3.63) is 53.5 Å². The van der Waals surface area contributed by atoms with Crippen molar-refractivity contribution in [2.75, 3.05) is 0 Å². The van der Waals surface area contributed by atoms with Crippen LogP contribution in [0.5, 0.6) is 0 Å². The largest absolute Gasteiger partial charge is 0.309 e. The van der Waals surface area contributed by atoms with Crippen molar-refractivity contribution < 1.29 is 0 Å². The maximum atomic E-state index is 7.03. The molecule has 0 fully saturated rings. The molecule has 0 bridgehead atoms. The third-order valence-electron chi connectivity index (χ3n) is 2.37. The minimum atomic E-state index is -0.154. The molecule has 15 heavy (non-hydrogen) atoms. The SMILES string of the molecule is [C-]#[N+]C(C)c1cn[nH]c1-c1ccccc1. The van der Waals surface area contributed by atoms with Gasteiger partial charge in [0.1, 0.15) is 0 Å². The Morgan fingerprint density at radius 2 is 2.07 bits per heavy atom. The average Bonchev–Trinajstić information content (AvgIpc) is 2.78. The van der Waals surface area contributed by atoms with E-state index < -0.39 is 0 Å². The predicted octanol–water partition coefficient (Wildman–Crippen LogP) is 3.06. The fourth-order valence-electron chi connectivity index (χ4n) is 1.52. The lowest BCUT2D eigenvalue weighted by Crippen LogP contribution is -1.88. The summed E-state index contributed by atoms with van der Waals surface area (Å²) in [6.07, 6.45) is 1.73. The molecule has 1 heterocycles. The van der Waals surface area contributed by atoms with Crippen LogP contribution in [-0.4, -0.2) is 10.2 Å². The number of nitrogens with zero attached hydrogens (tertiary/aromatic N) is 2. The first-order valence-electron chi connectivity index (χ1n) is 4.78. The smallest absolute Gasteiger partial charge is 0.249 e. The number of rotatable bonds is 2. The molecule has 1 N–H and O–H groups in total. The summed E-state index contributed by atoms with van der Waals surface area (Å²) in [4.78, 5) is 3.51. The molecule has 1 atom stereocenters. The van der Waals surface area contributed by atoms with Crippen molar-refractivity contribution >= 4 is 0 Å². The van der Waals surface area contributed by atoms with Gasteiger partial charge in [0.25, 0.3) is 0 Å². The van der Waals surface area contributed by atoms with E-state index in [2.05, 4.69) is 15.0 Å². The van der Waals surface area contributed by atoms with E-state index in [1.807, 2.05) is 37.3 Å². The van der Waals surface area contributed by atoms with Gasteiger partial charge in [0.2, 0.25) is 6.04 Å². The number of hydrogen-bond acceptors (Lipinski definition) is 1. The van der Waals surface area contributed by atoms with E-state index >= 15 is 0 Å². The molecule has 0 aliphatic carbocycles. The minimum absolute atomic E-state index is 0.154. The normalized spacial score (nSPS) is 12.0. The average molecular weight is 197 g/mol. The minimum Gasteiger partial charge on any atom is -0.309 e. The van der Waals surface area contributed by atoms with Crippen LogP contribution in [0.3, 0.4) is 0 Å². The molecule has 2 rings (SSSR count). The van der Waals surface area contributed by atoms with Gasteiger partial charge < -0.3 is 4.85 Å². The first-order valence-corrected chi connectivity index (χ1v) is 4.78. The van der Waals surface area contributed by atoms with Crippen LogP contribution in [0.1, 0.15) is 18.5 Å². The molecule has 0 radical (unpaired) electrons. The third kappa shape index (κ3) is 1.75. The van der Waals surface area contributed by atoms with E-state index in [9.17, 15) is 0 Å². The van der Waals surface area contributed by atoms with E-state index in [0.717, 1.165) is 16.8 Å². The Labute approximate surface area is 88.6 Å². The van der Waals surface area contributed by atoms with Crippen molar-refractivity contribution in [1.29, 1.82) is 0 Å². The molecule has 3 nitrogen and oxygen atoms in total. The van der Waals surface area contributed by atoms with Crippen molar-refractivity contribution in [2.45, 2.75) is 13.0 Å². The third-order valence-corrected chi connectivity index (χ3v) is 2.37. The molecular formula is C12H11N3. The maximum Gasteiger partial charge on any atom is 0.249 e. The molecule has 1 unspecified atom stereocenters. The molecule has 0 aliphatic heterocycles. The summed E-state index contributed by atoms with van der Waals surface area (Å²) in [5.74, 6) is 0. The second kappa shape index (κ2) is 3.97. The Morgan fingerprint density at radius 1 is 1.33 bits per heavy atom. The Balaban J connectivity index is 2.47. The molecule has 74 valence electrons. The van der Waals surface area contributed by atoms with Gasteiger partial charge in [-0.2, -0.15) is 5.10 Å². The molecule has 1 aromatic heterocycles. The van der Waals surface area contributed by atoms with E-state index in [0.29, 0.717) is 0 Å². The molecule has 0 saturated heterocycles. The molecular weight excluding hydrogens is 186 g/mol. The zero-order chi connectivity index (χ0) is 10.7. The van der Waals surface area contributed by atoms with Crippen LogP contribution in [0, 0.1) is 6.57 Å². The zero-order valence-electron chi connectivity index (χ0n) is 8.44. The maximum absolute atomic E-state index is 7.03. The number of aromatic amines is 1. The van der Waals surface area contributed by atoms with Crippen molar-refractivity contribution in [3.63, 3.8) is 0 Å². The first-order chi connectivity index (χ1) is 7.33. The van der Waals surface area contributed by atoms with Gasteiger partial charge in [-0.25, -0.2) is 6.57 Å². The molecule has 3 heteroatoms. The molecule has 0 aliphatic rings. The molecule has 0 saturated carbocycles. The van der Waals surface area contributed by atoms with Gasteiger partial charge in [-0.05, 0) is 0 Å². The lowest BCUT2D eigenvalue weighted by Gasteiger charge is -2.01. The highest BCUT2D eigenvalue weighted by Gasteiger charge is 2.16. The lowest BCUT2D eigenvalue weighted by atomic mass is 10.0. The van der Waals surface area contributed by atoms with Crippen LogP contribution in [0.2, 0.25) is 0 Å². The number of nitrogens with one attached hydrogen (secondary N) is 1. The van der Waals surface area contributed by atoms with Gasteiger partial charge in [0.05, 0.1) is 17.5 Å². The summed E-state index contributed by atoms with van der Waals surface area (Å²) in [6.45, 7) is 8.91. The summed E-state index contributed by atoms with van der Waals surface area (Å²) in [6, 6.07) is 9.78. The number of aromatic nitrogens is 2. The highest BCUT2D eigenvalue weighted by molar-refractivity contribution is 5.63. The monoisotopic (exact) mass is 197 g/mol. The highest BCUT2D eigenvalue weighted by Crippen LogP contribution is 2.27. The number of benzene rings is 1. The second-order valence-electron chi connectivity index (χ2n) is 3.37. The van der Waals surface area contributed by atoms with Gasteiger partial charge in [0, 0.05) is 12.5 Å². The van der Waals surface area contributed by atoms with Crippen LogP contribution in [0.25, 0.3) is 16.1 Å². The van der Waals surface area contributed by atoms with Crippen molar-refractivity contribution in [1.82, 2.24) is 10.2 Å². The van der Waals surface area contributed by atoms with Crippen molar-refractivity contribution in [3.8, 4) is 11.3 Å². The second-order valence-corrected chi connectivity index (χ2v) is 3.37. The van der Waals surface area contributed by atoms with E-state index in [1.165, 1.54) is 0 Å². The van der Waals surface area contributed by atoms with Crippen LogP contribution in [0.4, 0.5) is 0 Å². The molecule has 0 amide bonds. The summed E-state index contributed by atoms with van der Waals surface area (Å²) in [5, 5.41) is 6.94. The van der Waals surface area contributed by atoms with Crippen LogP contribution in [-0.2, 0) is 0 Å². The Kier molecular flexibility index (Phi) is 2.51. The molecule has 0 spiro atoms. The molecule has 1 aromatic carbocycles. The Bertz CT molecular complexity index is 479. The Hall–Kier alpha value is -2.08. The van der Waals surface area contributed by atoms with Gasteiger partial charge in [-0.15, -0.1) is 0 Å². The number of hydrogen-bond donors (Lipinski definition) is 1. The predicted molar refractivity (Wildman–Crippen MR) is 59.0 cm³/mol. The van der Waals surface area contributed by atoms with E-state index in [1.54, 1.807) is 6.20 Å². The van der Waals surface area contributed by atoms with E-state index in [-0.39, 0.29) is 6.04 Å². The molecule has 2 aromatic rings. The van der Waals surface area contributed by atoms with Gasteiger partial charge in [-0.1, -0.05) is 30.3 Å². The van der Waals surface area contributed by atoms with Crippen LogP contribution >= 0.6 is 0 Å². The van der Waals surface area contributed by atoms with E-state index in [4.69, 9.17) is 6.57 Å². The van der Waals surface area contributed by atoms with Gasteiger partial charge in [0.15, 0.2) is 0 Å². The fourth-order valence-corrected chi connectivity index (χ4v) is 1.52. The zero-order valence-corrected chi connectivity index (χ0v) is 8.44. The topological polar surface area (TPSA) is 33.0 Å². The quantitative estimate of drug-likeness (QED) is 0.737. The van der Waals surface area contributed by atoms with Crippen LogP contribution < -0.4 is 0 Å². The van der Waals surface area contributed by atoms with Crippen molar-refractivity contribution in [2.24, 2.45) is 0 Å².